The lowest BCUT2D eigenvalue weighted by molar-refractivity contribution is -0.143. The van der Waals surface area contributed by atoms with E-state index in [-0.39, 0.29) is 18.8 Å². The summed E-state index contributed by atoms with van der Waals surface area (Å²) in [6.45, 7) is 3.18. The molecule has 0 N–H and O–H groups in total. The van der Waals surface area contributed by atoms with Crippen molar-refractivity contribution in [2.75, 3.05) is 31.1 Å². The van der Waals surface area contributed by atoms with Gasteiger partial charge in [0.25, 0.3) is 5.91 Å². The van der Waals surface area contributed by atoms with Crippen LogP contribution >= 0.6 is 11.3 Å². The number of para-hydroxylation sites is 1. The number of aromatic nitrogens is 4. The third-order valence-electron chi connectivity index (χ3n) is 5.72. The van der Waals surface area contributed by atoms with Crippen LogP contribution in [0, 0.1) is 6.92 Å². The van der Waals surface area contributed by atoms with E-state index >= 15 is 0 Å². The number of fused-ring (bicyclic) bond motifs is 1. The summed E-state index contributed by atoms with van der Waals surface area (Å²) in [5.74, 6) is 0.0990. The minimum atomic E-state index is -4.74. The van der Waals surface area contributed by atoms with E-state index in [1.54, 1.807) is 31.2 Å². The Hall–Kier alpha value is -3.47. The molecule has 1 aliphatic rings. The van der Waals surface area contributed by atoms with E-state index in [4.69, 9.17) is 0 Å². The molecule has 170 valence electrons. The summed E-state index contributed by atoms with van der Waals surface area (Å²) in [5, 5.41) is 6.81. The van der Waals surface area contributed by atoms with E-state index < -0.39 is 23.3 Å². The summed E-state index contributed by atoms with van der Waals surface area (Å²) < 4.78 is 42.9. The maximum absolute atomic E-state index is 14.0. The van der Waals surface area contributed by atoms with Crippen LogP contribution in [0.2, 0.25) is 0 Å². The number of carbonyl (C=O) groups is 1. The Kier molecular flexibility index (Phi) is 5.28. The molecule has 4 heterocycles. The van der Waals surface area contributed by atoms with Crippen molar-refractivity contribution >= 4 is 33.3 Å². The van der Waals surface area contributed by atoms with E-state index in [1.807, 2.05) is 16.3 Å². The van der Waals surface area contributed by atoms with E-state index in [2.05, 4.69) is 15.1 Å². The Morgan fingerprint density at radius 1 is 1.06 bits per heavy atom. The molecule has 0 spiro atoms. The smallest absolute Gasteiger partial charge is 0.352 e. The molecule has 33 heavy (non-hydrogen) atoms. The number of piperazine rings is 1. The molecule has 4 aromatic rings. The molecule has 1 aliphatic heterocycles. The lowest BCUT2D eigenvalue weighted by Gasteiger charge is -2.35. The molecule has 3 aromatic heterocycles. The van der Waals surface area contributed by atoms with Gasteiger partial charge < -0.3 is 9.80 Å². The Morgan fingerprint density at radius 3 is 2.55 bits per heavy atom. The Bertz CT molecular complexity index is 1320. The number of hydrogen-bond donors (Lipinski definition) is 0. The number of anilines is 1. The first-order valence-electron chi connectivity index (χ1n) is 10.3. The van der Waals surface area contributed by atoms with Gasteiger partial charge >= 0.3 is 6.18 Å². The zero-order valence-electron chi connectivity index (χ0n) is 17.6. The van der Waals surface area contributed by atoms with E-state index in [1.165, 1.54) is 22.6 Å². The average molecular weight is 472 g/mol. The van der Waals surface area contributed by atoms with Crippen LogP contribution in [0.1, 0.15) is 21.6 Å². The number of thiophene rings is 1. The van der Waals surface area contributed by atoms with Crippen LogP contribution in [0.4, 0.5) is 19.0 Å². The van der Waals surface area contributed by atoms with Gasteiger partial charge in [0.15, 0.2) is 5.69 Å². The fourth-order valence-corrected chi connectivity index (χ4v) is 4.81. The van der Waals surface area contributed by atoms with Crippen LogP contribution in [0.5, 0.6) is 0 Å². The first-order valence-corrected chi connectivity index (χ1v) is 11.2. The second-order valence-corrected chi connectivity index (χ2v) is 8.61. The zero-order chi connectivity index (χ0) is 23.2. The van der Waals surface area contributed by atoms with Crippen molar-refractivity contribution in [2.45, 2.75) is 13.1 Å². The highest BCUT2D eigenvalue weighted by Crippen LogP contribution is 2.35. The molecule has 1 aromatic carbocycles. The second kappa shape index (κ2) is 8.14. The monoisotopic (exact) mass is 472 g/mol. The lowest BCUT2D eigenvalue weighted by atomic mass is 10.1. The van der Waals surface area contributed by atoms with Crippen molar-refractivity contribution in [3.8, 4) is 5.69 Å². The van der Waals surface area contributed by atoms with Gasteiger partial charge in [0.2, 0.25) is 0 Å². The minimum Gasteiger partial charge on any atom is -0.352 e. The number of hydrogen-bond acceptors (Lipinski definition) is 6. The number of carbonyl (C=O) groups excluding carboxylic acids is 1. The van der Waals surface area contributed by atoms with Crippen molar-refractivity contribution in [1.29, 1.82) is 0 Å². The number of amides is 1. The molecule has 0 radical (unpaired) electrons. The normalized spacial score (nSPS) is 14.8. The summed E-state index contributed by atoms with van der Waals surface area (Å²) in [6, 6.07) is 8.58. The third kappa shape index (κ3) is 3.82. The van der Waals surface area contributed by atoms with Gasteiger partial charge in [0.05, 0.1) is 22.8 Å². The topological polar surface area (TPSA) is 67.2 Å². The van der Waals surface area contributed by atoms with Gasteiger partial charge in [0.1, 0.15) is 17.0 Å². The number of halogens is 3. The van der Waals surface area contributed by atoms with Crippen LogP contribution in [-0.4, -0.2) is 56.7 Å². The second-order valence-electron chi connectivity index (χ2n) is 7.72. The predicted octanol–water partition coefficient (Wildman–Crippen LogP) is 4.17. The van der Waals surface area contributed by atoms with Gasteiger partial charge in [-0.15, -0.1) is 11.3 Å². The molecule has 0 atom stereocenters. The summed E-state index contributed by atoms with van der Waals surface area (Å²) in [6.07, 6.45) is -2.22. The van der Waals surface area contributed by atoms with E-state index in [9.17, 15) is 18.0 Å². The van der Waals surface area contributed by atoms with Gasteiger partial charge in [-0.2, -0.15) is 18.3 Å². The van der Waals surface area contributed by atoms with Gasteiger partial charge in [-0.05, 0) is 30.0 Å². The zero-order valence-corrected chi connectivity index (χ0v) is 18.4. The van der Waals surface area contributed by atoms with Gasteiger partial charge in [-0.1, -0.05) is 18.2 Å². The fraction of sp³-hybridized carbons (Fsp3) is 0.273. The quantitative estimate of drug-likeness (QED) is 0.448. The predicted molar refractivity (Wildman–Crippen MR) is 119 cm³/mol. The molecule has 1 amide bonds. The van der Waals surface area contributed by atoms with Crippen LogP contribution in [-0.2, 0) is 6.18 Å². The number of alkyl halides is 3. The fourth-order valence-electron chi connectivity index (χ4n) is 4.08. The number of rotatable bonds is 3. The molecule has 0 aliphatic carbocycles. The van der Waals surface area contributed by atoms with Crippen molar-refractivity contribution < 1.29 is 18.0 Å². The summed E-state index contributed by atoms with van der Waals surface area (Å²) in [4.78, 5) is 26.1. The van der Waals surface area contributed by atoms with Crippen LogP contribution in [0.3, 0.4) is 0 Å². The third-order valence-corrected chi connectivity index (χ3v) is 6.54. The van der Waals surface area contributed by atoms with Crippen LogP contribution in [0.15, 0.2) is 48.2 Å². The first-order chi connectivity index (χ1) is 15.8. The summed E-state index contributed by atoms with van der Waals surface area (Å²) >= 11 is 1.52. The highest BCUT2D eigenvalue weighted by atomic mass is 32.1. The average Bonchev–Trinajstić information content (AvgIpc) is 3.46. The number of benzene rings is 1. The van der Waals surface area contributed by atoms with Crippen molar-refractivity contribution in [3.05, 3.63) is 65.1 Å². The number of aryl methyl sites for hydroxylation is 1. The Balaban J connectivity index is 1.41. The molecule has 0 saturated carbocycles. The maximum atomic E-state index is 14.0. The first kappa shape index (κ1) is 21.4. The molecule has 1 saturated heterocycles. The van der Waals surface area contributed by atoms with Crippen molar-refractivity contribution in [2.24, 2.45) is 0 Å². The largest absolute Gasteiger partial charge is 0.434 e. The van der Waals surface area contributed by atoms with Gasteiger partial charge in [0, 0.05) is 26.2 Å². The van der Waals surface area contributed by atoms with Crippen LogP contribution < -0.4 is 4.90 Å². The molecule has 7 nitrogen and oxygen atoms in total. The minimum absolute atomic E-state index is 0.279. The van der Waals surface area contributed by atoms with E-state index in [0.717, 1.165) is 26.9 Å². The molecular weight excluding hydrogens is 453 g/mol. The SMILES string of the molecule is Cc1ccccc1-n1ncc(C(=O)N2CCN(c3ncnc4sccc34)CC2)c1C(F)(F)F. The molecular formula is C22H19F3N6OS. The highest BCUT2D eigenvalue weighted by Gasteiger charge is 2.42. The number of nitrogens with zero attached hydrogens (tertiary/aromatic N) is 6. The summed E-state index contributed by atoms with van der Waals surface area (Å²) in [7, 11) is 0. The summed E-state index contributed by atoms with van der Waals surface area (Å²) in [5.41, 5.74) is -0.581. The molecule has 0 unspecified atom stereocenters. The lowest BCUT2D eigenvalue weighted by Crippen LogP contribution is -2.49. The Morgan fingerprint density at radius 2 is 1.82 bits per heavy atom. The van der Waals surface area contributed by atoms with Crippen molar-refractivity contribution in [1.82, 2.24) is 24.6 Å². The highest BCUT2D eigenvalue weighted by molar-refractivity contribution is 7.16. The van der Waals surface area contributed by atoms with Gasteiger partial charge in [-0.3, -0.25) is 4.79 Å². The van der Waals surface area contributed by atoms with Crippen LogP contribution in [0.25, 0.3) is 15.9 Å². The maximum Gasteiger partial charge on any atom is 0.434 e. The molecule has 5 rings (SSSR count). The van der Waals surface area contributed by atoms with Gasteiger partial charge in [-0.25, -0.2) is 14.6 Å². The van der Waals surface area contributed by atoms with Crippen molar-refractivity contribution in [3.63, 3.8) is 0 Å². The molecule has 11 heteroatoms. The molecule has 1 fully saturated rings. The Labute approximate surface area is 191 Å². The molecule has 0 bridgehead atoms. The van der Waals surface area contributed by atoms with E-state index in [0.29, 0.717) is 18.7 Å². The standard InChI is InChI=1S/C22H19F3N6OS/c1-14-4-2-3-5-17(14)31-18(22(23,24)25)16(12-28-31)21(32)30-9-7-29(8-10-30)19-15-6-11-33-20(15)27-13-26-19/h2-6,11-13H,7-10H2,1H3.